The summed E-state index contributed by atoms with van der Waals surface area (Å²) in [6, 6.07) is 21.6. The molecule has 0 unspecified atom stereocenters. The SMILES string of the molecule is CC(=O)COC1CCC(c2ccccc2)(c2ccccc2)CC1. The Kier molecular flexibility index (Phi) is 4.92. The molecule has 0 saturated heterocycles. The Labute approximate surface area is 138 Å². The van der Waals surface area contributed by atoms with E-state index in [0.717, 1.165) is 25.7 Å². The number of ether oxygens (including phenoxy) is 1. The lowest BCUT2D eigenvalue weighted by molar-refractivity contribution is -0.124. The lowest BCUT2D eigenvalue weighted by Crippen LogP contribution is -2.36. The van der Waals surface area contributed by atoms with E-state index in [9.17, 15) is 4.79 Å². The van der Waals surface area contributed by atoms with Gasteiger partial charge in [-0.15, -0.1) is 0 Å². The number of carbonyl (C=O) groups excluding carboxylic acids is 1. The van der Waals surface area contributed by atoms with Crippen LogP contribution in [0.25, 0.3) is 0 Å². The van der Waals surface area contributed by atoms with Gasteiger partial charge in [0.1, 0.15) is 6.61 Å². The molecule has 2 aromatic rings. The number of carbonyl (C=O) groups is 1. The van der Waals surface area contributed by atoms with E-state index in [1.165, 1.54) is 11.1 Å². The first-order valence-corrected chi connectivity index (χ1v) is 8.43. The first-order valence-electron chi connectivity index (χ1n) is 8.43. The van der Waals surface area contributed by atoms with Crippen molar-refractivity contribution in [2.45, 2.75) is 44.1 Å². The van der Waals surface area contributed by atoms with Crippen LogP contribution in [0, 0.1) is 0 Å². The molecule has 0 bridgehead atoms. The van der Waals surface area contributed by atoms with E-state index in [1.807, 2.05) is 0 Å². The molecule has 2 heteroatoms. The highest BCUT2D eigenvalue weighted by Crippen LogP contribution is 2.45. The van der Waals surface area contributed by atoms with Crippen LogP contribution in [-0.2, 0) is 14.9 Å². The van der Waals surface area contributed by atoms with Crippen LogP contribution >= 0.6 is 0 Å². The Bertz CT molecular complexity index is 584. The van der Waals surface area contributed by atoms with Gasteiger partial charge in [0.2, 0.25) is 0 Å². The topological polar surface area (TPSA) is 26.3 Å². The van der Waals surface area contributed by atoms with Crippen LogP contribution in [-0.4, -0.2) is 18.5 Å². The summed E-state index contributed by atoms with van der Waals surface area (Å²) in [7, 11) is 0. The molecule has 0 N–H and O–H groups in total. The van der Waals surface area contributed by atoms with E-state index in [2.05, 4.69) is 60.7 Å². The molecule has 1 fully saturated rings. The highest BCUT2D eigenvalue weighted by Gasteiger charge is 2.38. The van der Waals surface area contributed by atoms with E-state index in [-0.39, 0.29) is 23.9 Å². The van der Waals surface area contributed by atoms with Crippen LogP contribution in [0.5, 0.6) is 0 Å². The van der Waals surface area contributed by atoms with Gasteiger partial charge in [-0.2, -0.15) is 0 Å². The zero-order valence-electron chi connectivity index (χ0n) is 13.7. The lowest BCUT2D eigenvalue weighted by atomic mass is 9.65. The second kappa shape index (κ2) is 7.10. The summed E-state index contributed by atoms with van der Waals surface area (Å²) < 4.78 is 5.76. The number of benzene rings is 2. The first-order chi connectivity index (χ1) is 11.2. The van der Waals surface area contributed by atoms with Crippen molar-refractivity contribution in [3.05, 3.63) is 71.8 Å². The van der Waals surface area contributed by atoms with Crippen LogP contribution in [0.3, 0.4) is 0 Å². The Hall–Kier alpha value is -1.93. The monoisotopic (exact) mass is 308 g/mol. The van der Waals surface area contributed by atoms with E-state index < -0.39 is 0 Å². The minimum absolute atomic E-state index is 0.0681. The summed E-state index contributed by atoms with van der Waals surface area (Å²) in [5.41, 5.74) is 2.84. The molecule has 2 nitrogen and oxygen atoms in total. The summed E-state index contributed by atoms with van der Waals surface area (Å²) in [6.07, 6.45) is 4.32. The molecule has 2 aromatic carbocycles. The van der Waals surface area contributed by atoms with Gasteiger partial charge in [-0.25, -0.2) is 0 Å². The Morgan fingerprint density at radius 1 is 0.957 bits per heavy atom. The van der Waals surface area contributed by atoms with Gasteiger partial charge in [-0.1, -0.05) is 60.7 Å². The third-order valence-electron chi connectivity index (χ3n) is 4.96. The van der Waals surface area contributed by atoms with E-state index >= 15 is 0 Å². The molecule has 3 rings (SSSR count). The van der Waals surface area contributed by atoms with Gasteiger partial charge in [0, 0.05) is 5.41 Å². The van der Waals surface area contributed by atoms with Crippen molar-refractivity contribution in [3.8, 4) is 0 Å². The smallest absolute Gasteiger partial charge is 0.155 e. The molecule has 0 aromatic heterocycles. The normalized spacial score (nSPS) is 17.8. The van der Waals surface area contributed by atoms with Gasteiger partial charge in [0.15, 0.2) is 5.78 Å². The quantitative estimate of drug-likeness (QED) is 0.811. The second-order valence-corrected chi connectivity index (χ2v) is 6.53. The zero-order chi connectivity index (χ0) is 16.1. The molecule has 0 radical (unpaired) electrons. The van der Waals surface area contributed by atoms with Crippen LogP contribution in [0.15, 0.2) is 60.7 Å². The molecule has 0 amide bonds. The van der Waals surface area contributed by atoms with Gasteiger partial charge in [0.05, 0.1) is 6.10 Å². The van der Waals surface area contributed by atoms with E-state index in [0.29, 0.717) is 0 Å². The summed E-state index contributed by atoms with van der Waals surface area (Å²) in [6.45, 7) is 1.83. The van der Waals surface area contributed by atoms with Crippen LogP contribution in [0.4, 0.5) is 0 Å². The van der Waals surface area contributed by atoms with Crippen molar-refractivity contribution < 1.29 is 9.53 Å². The largest absolute Gasteiger partial charge is 0.370 e. The van der Waals surface area contributed by atoms with Gasteiger partial charge >= 0.3 is 0 Å². The molecular weight excluding hydrogens is 284 g/mol. The molecule has 1 aliphatic carbocycles. The number of Topliss-reactive ketones (excluding diaryl/α,β-unsaturated/α-hetero) is 1. The molecule has 23 heavy (non-hydrogen) atoms. The number of rotatable bonds is 5. The fraction of sp³-hybridized carbons (Fsp3) is 0.381. The van der Waals surface area contributed by atoms with Gasteiger partial charge < -0.3 is 4.74 Å². The molecule has 0 heterocycles. The summed E-state index contributed by atoms with van der Waals surface area (Å²) in [4.78, 5) is 11.1. The van der Waals surface area contributed by atoms with Gasteiger partial charge in [-0.05, 0) is 43.7 Å². The van der Waals surface area contributed by atoms with Crippen molar-refractivity contribution in [1.82, 2.24) is 0 Å². The molecular formula is C21H24O2. The molecule has 0 atom stereocenters. The average molecular weight is 308 g/mol. The highest BCUT2D eigenvalue weighted by atomic mass is 16.5. The third kappa shape index (κ3) is 3.53. The molecule has 0 spiro atoms. The maximum atomic E-state index is 11.1. The minimum Gasteiger partial charge on any atom is -0.370 e. The maximum absolute atomic E-state index is 11.1. The Morgan fingerprint density at radius 3 is 1.87 bits per heavy atom. The predicted octanol–water partition coefficient (Wildman–Crippen LogP) is 4.52. The summed E-state index contributed by atoms with van der Waals surface area (Å²) in [5, 5.41) is 0. The van der Waals surface area contributed by atoms with Gasteiger partial charge in [-0.3, -0.25) is 4.79 Å². The van der Waals surface area contributed by atoms with Crippen molar-refractivity contribution in [2.24, 2.45) is 0 Å². The van der Waals surface area contributed by atoms with Crippen molar-refractivity contribution in [2.75, 3.05) is 6.61 Å². The average Bonchev–Trinajstić information content (AvgIpc) is 2.62. The van der Waals surface area contributed by atoms with Crippen LogP contribution in [0.1, 0.15) is 43.7 Å². The van der Waals surface area contributed by atoms with E-state index in [4.69, 9.17) is 4.74 Å². The maximum Gasteiger partial charge on any atom is 0.155 e. The standard InChI is InChI=1S/C21H24O2/c1-17(22)16-23-20-12-14-21(15-13-20,18-8-4-2-5-9-18)19-10-6-3-7-11-19/h2-11,20H,12-16H2,1H3. The van der Waals surface area contributed by atoms with Crippen LogP contribution < -0.4 is 0 Å². The number of hydrogen-bond acceptors (Lipinski definition) is 2. The first kappa shape index (κ1) is 15.9. The van der Waals surface area contributed by atoms with Crippen molar-refractivity contribution in [1.29, 1.82) is 0 Å². The van der Waals surface area contributed by atoms with Crippen molar-refractivity contribution >= 4 is 5.78 Å². The zero-order valence-corrected chi connectivity index (χ0v) is 13.7. The minimum atomic E-state index is 0.0681. The fourth-order valence-corrected chi connectivity index (χ4v) is 3.74. The van der Waals surface area contributed by atoms with Crippen LogP contribution in [0.2, 0.25) is 0 Å². The highest BCUT2D eigenvalue weighted by molar-refractivity contribution is 5.76. The molecule has 1 aliphatic rings. The molecule has 1 saturated carbocycles. The van der Waals surface area contributed by atoms with Crippen molar-refractivity contribution in [3.63, 3.8) is 0 Å². The van der Waals surface area contributed by atoms with Gasteiger partial charge in [0.25, 0.3) is 0 Å². The molecule has 120 valence electrons. The third-order valence-corrected chi connectivity index (χ3v) is 4.96. The lowest BCUT2D eigenvalue weighted by Gasteiger charge is -2.41. The predicted molar refractivity (Wildman–Crippen MR) is 92.6 cm³/mol. The number of hydrogen-bond donors (Lipinski definition) is 0. The molecule has 0 aliphatic heterocycles. The Morgan fingerprint density at radius 2 is 1.43 bits per heavy atom. The van der Waals surface area contributed by atoms with E-state index in [1.54, 1.807) is 6.92 Å². The summed E-state index contributed by atoms with van der Waals surface area (Å²) >= 11 is 0. The second-order valence-electron chi connectivity index (χ2n) is 6.53. The fourth-order valence-electron chi connectivity index (χ4n) is 3.74. The Balaban J connectivity index is 1.84. The summed E-state index contributed by atoms with van der Waals surface area (Å²) in [5.74, 6) is 0.105. The number of ketones is 1.